The van der Waals surface area contributed by atoms with Crippen LogP contribution in [-0.2, 0) is 0 Å². The van der Waals surface area contributed by atoms with Crippen molar-refractivity contribution in [1.29, 1.82) is 0 Å². The van der Waals surface area contributed by atoms with Crippen molar-refractivity contribution in [3.63, 3.8) is 0 Å². The maximum Gasteiger partial charge on any atom is 0.269 e. The van der Waals surface area contributed by atoms with Crippen LogP contribution in [0.15, 0.2) is 24.4 Å². The van der Waals surface area contributed by atoms with Crippen molar-refractivity contribution in [2.75, 3.05) is 27.2 Å². The first-order valence-electron chi connectivity index (χ1n) is 5.11. The summed E-state index contributed by atoms with van der Waals surface area (Å²) in [6, 6.07) is 5.13. The number of carbonyl (C=O) groups excluding carboxylic acids is 1. The monoisotopic (exact) mass is 223 g/mol. The Bertz CT molecular complexity index is 327. The molecule has 5 heteroatoms. The van der Waals surface area contributed by atoms with Gasteiger partial charge in [0.1, 0.15) is 5.69 Å². The topological polar surface area (TPSA) is 65.5 Å². The molecule has 0 fully saturated rings. The van der Waals surface area contributed by atoms with Gasteiger partial charge in [-0.3, -0.25) is 9.78 Å². The molecule has 1 heterocycles. The lowest BCUT2D eigenvalue weighted by atomic mass is 10.3. The average Bonchev–Trinajstić information content (AvgIpc) is 2.26. The number of rotatable bonds is 5. The van der Waals surface area contributed by atoms with Crippen LogP contribution in [0.5, 0.6) is 0 Å². The summed E-state index contributed by atoms with van der Waals surface area (Å²) < 4.78 is 0. The van der Waals surface area contributed by atoms with E-state index in [-0.39, 0.29) is 12.5 Å². The van der Waals surface area contributed by atoms with Crippen LogP contribution in [0, 0.1) is 0 Å². The number of hydrogen-bond acceptors (Lipinski definition) is 4. The number of likely N-dealkylation sites (N-methyl/N-ethyl adjacent to an activating group) is 1. The maximum atomic E-state index is 11.5. The molecule has 0 aliphatic carbocycles. The van der Waals surface area contributed by atoms with E-state index < -0.39 is 6.10 Å². The fourth-order valence-electron chi connectivity index (χ4n) is 1.28. The van der Waals surface area contributed by atoms with E-state index in [9.17, 15) is 9.90 Å². The van der Waals surface area contributed by atoms with Gasteiger partial charge in [0.05, 0.1) is 6.10 Å². The van der Waals surface area contributed by atoms with Crippen molar-refractivity contribution < 1.29 is 9.90 Å². The van der Waals surface area contributed by atoms with Gasteiger partial charge < -0.3 is 15.3 Å². The third kappa shape index (κ3) is 4.37. The summed E-state index contributed by atoms with van der Waals surface area (Å²) in [7, 11) is 3.73. The highest BCUT2D eigenvalue weighted by molar-refractivity contribution is 5.92. The molecular weight excluding hydrogens is 206 g/mol. The Labute approximate surface area is 95.1 Å². The molecule has 0 spiro atoms. The van der Waals surface area contributed by atoms with E-state index in [0.29, 0.717) is 12.2 Å². The summed E-state index contributed by atoms with van der Waals surface area (Å²) in [5.41, 5.74) is 0.361. The summed E-state index contributed by atoms with van der Waals surface area (Å²) in [6.07, 6.45) is 0.994. The largest absolute Gasteiger partial charge is 0.390 e. The summed E-state index contributed by atoms with van der Waals surface area (Å²) >= 11 is 0. The average molecular weight is 223 g/mol. The molecule has 0 aliphatic rings. The number of nitrogens with one attached hydrogen (secondary N) is 1. The van der Waals surface area contributed by atoms with Gasteiger partial charge in [-0.1, -0.05) is 6.07 Å². The van der Waals surface area contributed by atoms with Crippen molar-refractivity contribution in [1.82, 2.24) is 15.2 Å². The number of pyridine rings is 1. The Morgan fingerprint density at radius 1 is 1.56 bits per heavy atom. The molecule has 1 unspecified atom stereocenters. The van der Waals surface area contributed by atoms with E-state index in [2.05, 4.69) is 10.3 Å². The smallest absolute Gasteiger partial charge is 0.269 e. The van der Waals surface area contributed by atoms with Crippen molar-refractivity contribution in [3.05, 3.63) is 30.1 Å². The minimum Gasteiger partial charge on any atom is -0.390 e. The standard InChI is InChI=1S/C11H17N3O2/c1-14(2)8-9(15)7-13-11(16)10-5-3-4-6-12-10/h3-6,9,15H,7-8H2,1-2H3,(H,13,16). The predicted octanol–water partition coefficient (Wildman–Crippen LogP) is -0.266. The van der Waals surface area contributed by atoms with Gasteiger partial charge in [0.25, 0.3) is 5.91 Å². The van der Waals surface area contributed by atoms with Crippen LogP contribution >= 0.6 is 0 Å². The van der Waals surface area contributed by atoms with Gasteiger partial charge in [-0.15, -0.1) is 0 Å². The van der Waals surface area contributed by atoms with Gasteiger partial charge in [-0.05, 0) is 26.2 Å². The lowest BCUT2D eigenvalue weighted by Gasteiger charge is -2.16. The van der Waals surface area contributed by atoms with Gasteiger partial charge in [0.2, 0.25) is 0 Å². The minimum absolute atomic E-state index is 0.230. The van der Waals surface area contributed by atoms with E-state index in [4.69, 9.17) is 0 Å². The predicted molar refractivity (Wildman–Crippen MR) is 61.1 cm³/mol. The Kier molecular flexibility index (Phi) is 4.88. The van der Waals surface area contributed by atoms with Crippen LogP contribution in [0.2, 0.25) is 0 Å². The molecule has 0 saturated carbocycles. The number of aromatic nitrogens is 1. The number of amides is 1. The first-order valence-corrected chi connectivity index (χ1v) is 5.11. The lowest BCUT2D eigenvalue weighted by molar-refractivity contribution is 0.0887. The molecule has 0 saturated heterocycles. The lowest BCUT2D eigenvalue weighted by Crippen LogP contribution is -2.37. The van der Waals surface area contributed by atoms with E-state index >= 15 is 0 Å². The summed E-state index contributed by atoms with van der Waals surface area (Å²) in [4.78, 5) is 17.3. The van der Waals surface area contributed by atoms with E-state index in [1.165, 1.54) is 0 Å². The van der Waals surface area contributed by atoms with Crippen LogP contribution in [0.4, 0.5) is 0 Å². The Morgan fingerprint density at radius 3 is 2.88 bits per heavy atom. The summed E-state index contributed by atoms with van der Waals surface area (Å²) in [6.45, 7) is 0.746. The molecule has 5 nitrogen and oxygen atoms in total. The molecule has 2 N–H and O–H groups in total. The number of aliphatic hydroxyl groups is 1. The van der Waals surface area contributed by atoms with Crippen LogP contribution < -0.4 is 5.32 Å². The first-order chi connectivity index (χ1) is 7.59. The van der Waals surface area contributed by atoms with E-state index in [1.807, 2.05) is 19.0 Å². The van der Waals surface area contributed by atoms with Crippen LogP contribution in [0.3, 0.4) is 0 Å². The van der Waals surface area contributed by atoms with Crippen molar-refractivity contribution in [2.24, 2.45) is 0 Å². The van der Waals surface area contributed by atoms with E-state index in [0.717, 1.165) is 0 Å². The van der Waals surface area contributed by atoms with Gasteiger partial charge >= 0.3 is 0 Å². The molecule has 0 aromatic carbocycles. The van der Waals surface area contributed by atoms with Crippen molar-refractivity contribution >= 4 is 5.91 Å². The summed E-state index contributed by atoms with van der Waals surface area (Å²) in [5.74, 6) is -0.265. The SMILES string of the molecule is CN(C)CC(O)CNC(=O)c1ccccn1. The number of carbonyl (C=O) groups is 1. The third-order valence-corrected chi connectivity index (χ3v) is 1.97. The van der Waals surface area contributed by atoms with Gasteiger partial charge in [0, 0.05) is 19.3 Å². The quantitative estimate of drug-likeness (QED) is 0.721. The second kappa shape index (κ2) is 6.19. The van der Waals surface area contributed by atoms with Gasteiger partial charge in [-0.25, -0.2) is 0 Å². The fourth-order valence-corrected chi connectivity index (χ4v) is 1.28. The summed E-state index contributed by atoms with van der Waals surface area (Å²) in [5, 5.41) is 12.2. The van der Waals surface area contributed by atoms with Gasteiger partial charge in [-0.2, -0.15) is 0 Å². The molecule has 0 aliphatic heterocycles. The second-order valence-corrected chi connectivity index (χ2v) is 3.84. The Hall–Kier alpha value is -1.46. The Morgan fingerprint density at radius 2 is 2.31 bits per heavy atom. The highest BCUT2D eigenvalue weighted by Gasteiger charge is 2.09. The molecule has 1 rings (SSSR count). The van der Waals surface area contributed by atoms with Crippen LogP contribution in [-0.4, -0.2) is 54.2 Å². The molecule has 1 amide bonds. The fraction of sp³-hybridized carbons (Fsp3) is 0.455. The van der Waals surface area contributed by atoms with Crippen LogP contribution in [0.25, 0.3) is 0 Å². The molecular formula is C11H17N3O2. The zero-order chi connectivity index (χ0) is 12.0. The van der Waals surface area contributed by atoms with Crippen LogP contribution in [0.1, 0.15) is 10.5 Å². The zero-order valence-electron chi connectivity index (χ0n) is 9.55. The highest BCUT2D eigenvalue weighted by atomic mass is 16.3. The molecule has 88 valence electrons. The second-order valence-electron chi connectivity index (χ2n) is 3.84. The molecule has 1 atom stereocenters. The highest BCUT2D eigenvalue weighted by Crippen LogP contribution is 1.93. The zero-order valence-corrected chi connectivity index (χ0v) is 9.55. The maximum absolute atomic E-state index is 11.5. The van der Waals surface area contributed by atoms with E-state index in [1.54, 1.807) is 24.4 Å². The Balaban J connectivity index is 2.36. The number of hydrogen-bond donors (Lipinski definition) is 2. The van der Waals surface area contributed by atoms with Gasteiger partial charge in [0.15, 0.2) is 0 Å². The van der Waals surface area contributed by atoms with Crippen molar-refractivity contribution in [3.8, 4) is 0 Å². The molecule has 0 radical (unpaired) electrons. The first kappa shape index (κ1) is 12.6. The number of aliphatic hydroxyl groups excluding tert-OH is 1. The molecule has 1 aromatic rings. The number of nitrogens with zero attached hydrogens (tertiary/aromatic N) is 2. The van der Waals surface area contributed by atoms with Crippen molar-refractivity contribution in [2.45, 2.75) is 6.10 Å². The normalized spacial score (nSPS) is 12.5. The third-order valence-electron chi connectivity index (χ3n) is 1.97. The minimum atomic E-state index is -0.567. The molecule has 16 heavy (non-hydrogen) atoms. The molecule has 0 bridgehead atoms. The molecule has 1 aromatic heterocycles.